The maximum atomic E-state index is 11.2. The van der Waals surface area contributed by atoms with Crippen molar-refractivity contribution in [2.24, 2.45) is 0 Å². The van der Waals surface area contributed by atoms with Gasteiger partial charge in [-0.2, -0.15) is 0 Å². The van der Waals surface area contributed by atoms with E-state index in [1.807, 2.05) is 21.0 Å². The SMILES string of the molecule is CNCCCCCCNC(=O)OC[C@@H](C)NC. The maximum Gasteiger partial charge on any atom is 0.407 e. The van der Waals surface area contributed by atoms with Gasteiger partial charge in [0, 0.05) is 12.6 Å². The number of amides is 1. The minimum absolute atomic E-state index is 0.197. The number of hydrogen-bond donors (Lipinski definition) is 3. The summed E-state index contributed by atoms with van der Waals surface area (Å²) in [6.45, 7) is 4.14. The summed E-state index contributed by atoms with van der Waals surface area (Å²) in [5.41, 5.74) is 0. The molecule has 0 saturated heterocycles. The smallest absolute Gasteiger partial charge is 0.407 e. The number of carbonyl (C=O) groups excluding carboxylic acids is 1. The molecule has 0 radical (unpaired) electrons. The second-order valence-electron chi connectivity index (χ2n) is 4.23. The third kappa shape index (κ3) is 11.5. The summed E-state index contributed by atoms with van der Waals surface area (Å²) >= 11 is 0. The van der Waals surface area contributed by atoms with E-state index in [-0.39, 0.29) is 12.1 Å². The van der Waals surface area contributed by atoms with Crippen molar-refractivity contribution in [1.82, 2.24) is 16.0 Å². The topological polar surface area (TPSA) is 62.4 Å². The second kappa shape index (κ2) is 11.7. The molecule has 5 heteroatoms. The predicted molar refractivity (Wildman–Crippen MR) is 70.3 cm³/mol. The highest BCUT2D eigenvalue weighted by Crippen LogP contribution is 1.97. The molecular formula is C12H27N3O2. The van der Waals surface area contributed by atoms with E-state index in [2.05, 4.69) is 16.0 Å². The first-order valence-electron chi connectivity index (χ1n) is 6.43. The van der Waals surface area contributed by atoms with Crippen LogP contribution in [-0.4, -0.2) is 45.9 Å². The lowest BCUT2D eigenvalue weighted by molar-refractivity contribution is 0.137. The Morgan fingerprint density at radius 1 is 1.12 bits per heavy atom. The molecule has 0 aliphatic heterocycles. The number of hydrogen-bond acceptors (Lipinski definition) is 4. The first kappa shape index (κ1) is 16.2. The van der Waals surface area contributed by atoms with Crippen molar-refractivity contribution < 1.29 is 9.53 Å². The first-order chi connectivity index (χ1) is 8.20. The third-order valence-corrected chi connectivity index (χ3v) is 2.58. The molecule has 0 heterocycles. The van der Waals surface area contributed by atoms with Crippen molar-refractivity contribution in [3.05, 3.63) is 0 Å². The minimum Gasteiger partial charge on any atom is -0.448 e. The summed E-state index contributed by atoms with van der Waals surface area (Å²) in [4.78, 5) is 11.2. The number of rotatable bonds is 10. The quantitative estimate of drug-likeness (QED) is 0.504. The van der Waals surface area contributed by atoms with Gasteiger partial charge in [0.05, 0.1) is 0 Å². The van der Waals surface area contributed by atoms with Crippen molar-refractivity contribution in [3.8, 4) is 0 Å². The molecule has 5 nitrogen and oxygen atoms in total. The number of ether oxygens (including phenoxy) is 1. The van der Waals surface area contributed by atoms with Gasteiger partial charge in [0.2, 0.25) is 0 Å². The lowest BCUT2D eigenvalue weighted by Gasteiger charge is -2.11. The van der Waals surface area contributed by atoms with Crippen molar-refractivity contribution in [1.29, 1.82) is 0 Å². The van der Waals surface area contributed by atoms with Crippen LogP contribution in [0, 0.1) is 0 Å². The van der Waals surface area contributed by atoms with Crippen molar-refractivity contribution in [3.63, 3.8) is 0 Å². The van der Waals surface area contributed by atoms with Gasteiger partial charge in [-0.25, -0.2) is 4.79 Å². The monoisotopic (exact) mass is 245 g/mol. The van der Waals surface area contributed by atoms with Gasteiger partial charge in [0.15, 0.2) is 0 Å². The summed E-state index contributed by atoms with van der Waals surface area (Å²) in [6, 6.07) is 0.197. The van der Waals surface area contributed by atoms with Crippen molar-refractivity contribution >= 4 is 6.09 Å². The minimum atomic E-state index is -0.317. The Hall–Kier alpha value is -0.810. The highest BCUT2D eigenvalue weighted by molar-refractivity contribution is 5.67. The average molecular weight is 245 g/mol. The molecule has 0 unspecified atom stereocenters. The van der Waals surface area contributed by atoms with Crippen LogP contribution in [0.25, 0.3) is 0 Å². The molecule has 0 rings (SSSR count). The lowest BCUT2D eigenvalue weighted by Crippen LogP contribution is -2.32. The van der Waals surface area contributed by atoms with Gasteiger partial charge in [0.25, 0.3) is 0 Å². The van der Waals surface area contributed by atoms with Crippen LogP contribution in [0.5, 0.6) is 0 Å². The summed E-state index contributed by atoms with van der Waals surface area (Å²) in [6.07, 6.45) is 4.24. The lowest BCUT2D eigenvalue weighted by atomic mass is 10.2. The summed E-state index contributed by atoms with van der Waals surface area (Å²) in [7, 11) is 3.81. The normalized spacial score (nSPS) is 12.2. The van der Waals surface area contributed by atoms with Crippen molar-refractivity contribution in [2.45, 2.75) is 38.6 Å². The molecule has 0 spiro atoms. The van der Waals surface area contributed by atoms with E-state index in [1.54, 1.807) is 0 Å². The van der Waals surface area contributed by atoms with Gasteiger partial charge in [-0.15, -0.1) is 0 Å². The van der Waals surface area contributed by atoms with Crippen LogP contribution < -0.4 is 16.0 Å². The Kier molecular flexibility index (Phi) is 11.1. The molecule has 0 aromatic carbocycles. The van der Waals surface area contributed by atoms with Crippen LogP contribution in [0.3, 0.4) is 0 Å². The average Bonchev–Trinajstić information content (AvgIpc) is 2.34. The molecule has 0 aromatic heterocycles. The standard InChI is InChI=1S/C12H27N3O2/c1-11(14-3)10-17-12(16)15-9-7-5-4-6-8-13-2/h11,13-14H,4-10H2,1-3H3,(H,15,16)/t11-/m1/s1. The molecule has 0 aromatic rings. The Labute approximate surface area is 105 Å². The van der Waals surface area contributed by atoms with Gasteiger partial charge in [0.1, 0.15) is 6.61 Å². The summed E-state index contributed by atoms with van der Waals surface area (Å²) in [5.74, 6) is 0. The number of carbonyl (C=O) groups is 1. The molecule has 3 N–H and O–H groups in total. The largest absolute Gasteiger partial charge is 0.448 e. The first-order valence-corrected chi connectivity index (χ1v) is 6.43. The number of likely N-dealkylation sites (N-methyl/N-ethyl adjacent to an activating group) is 1. The van der Waals surface area contributed by atoms with E-state index in [1.165, 1.54) is 12.8 Å². The second-order valence-corrected chi connectivity index (χ2v) is 4.23. The fourth-order valence-electron chi connectivity index (χ4n) is 1.31. The van der Waals surface area contributed by atoms with Crippen LogP contribution in [0.15, 0.2) is 0 Å². The van der Waals surface area contributed by atoms with Gasteiger partial charge in [-0.1, -0.05) is 12.8 Å². The zero-order valence-corrected chi connectivity index (χ0v) is 11.3. The van der Waals surface area contributed by atoms with Crippen molar-refractivity contribution in [2.75, 3.05) is 33.8 Å². The molecule has 1 atom stereocenters. The molecular weight excluding hydrogens is 218 g/mol. The maximum absolute atomic E-state index is 11.2. The summed E-state index contributed by atoms with van der Waals surface area (Å²) < 4.78 is 5.02. The molecule has 0 aliphatic carbocycles. The molecule has 17 heavy (non-hydrogen) atoms. The van der Waals surface area contributed by atoms with Gasteiger partial charge in [-0.05, 0) is 40.4 Å². The fourth-order valence-corrected chi connectivity index (χ4v) is 1.31. The van der Waals surface area contributed by atoms with Gasteiger partial charge in [-0.3, -0.25) is 0 Å². The molecule has 0 fully saturated rings. The van der Waals surface area contributed by atoms with Gasteiger partial charge < -0.3 is 20.7 Å². The number of unbranched alkanes of at least 4 members (excludes halogenated alkanes) is 3. The molecule has 0 saturated carbocycles. The Morgan fingerprint density at radius 3 is 2.35 bits per heavy atom. The molecule has 102 valence electrons. The highest BCUT2D eigenvalue weighted by Gasteiger charge is 2.03. The highest BCUT2D eigenvalue weighted by atomic mass is 16.5. The predicted octanol–water partition coefficient (Wildman–Crippen LogP) is 1.10. The van der Waals surface area contributed by atoms with Gasteiger partial charge >= 0.3 is 6.09 Å². The third-order valence-electron chi connectivity index (χ3n) is 2.58. The Morgan fingerprint density at radius 2 is 1.76 bits per heavy atom. The van der Waals surface area contributed by atoms with E-state index >= 15 is 0 Å². The Balaban J connectivity index is 3.22. The van der Waals surface area contributed by atoms with Crippen LogP contribution in [0.4, 0.5) is 4.79 Å². The van der Waals surface area contributed by atoms with E-state index < -0.39 is 0 Å². The number of alkyl carbamates (subject to hydrolysis) is 1. The van der Waals surface area contributed by atoms with Crippen LogP contribution in [-0.2, 0) is 4.74 Å². The summed E-state index contributed by atoms with van der Waals surface area (Å²) in [5, 5.41) is 8.87. The van der Waals surface area contributed by atoms with E-state index in [0.717, 1.165) is 19.4 Å². The van der Waals surface area contributed by atoms with E-state index in [0.29, 0.717) is 13.2 Å². The van der Waals surface area contributed by atoms with Crippen LogP contribution in [0.2, 0.25) is 0 Å². The van der Waals surface area contributed by atoms with E-state index in [4.69, 9.17) is 4.74 Å². The molecule has 0 aliphatic rings. The zero-order valence-electron chi connectivity index (χ0n) is 11.3. The zero-order chi connectivity index (χ0) is 12.9. The van der Waals surface area contributed by atoms with E-state index in [9.17, 15) is 4.79 Å². The molecule has 0 bridgehead atoms. The molecule has 1 amide bonds. The Bertz CT molecular complexity index is 189. The number of nitrogens with one attached hydrogen (secondary N) is 3. The fraction of sp³-hybridized carbons (Fsp3) is 0.917. The van der Waals surface area contributed by atoms with Crippen LogP contribution in [0.1, 0.15) is 32.6 Å². The van der Waals surface area contributed by atoms with Crippen LogP contribution >= 0.6 is 0 Å².